The van der Waals surface area contributed by atoms with Gasteiger partial charge in [0, 0.05) is 22.6 Å². The summed E-state index contributed by atoms with van der Waals surface area (Å²) in [6.07, 6.45) is 0. The van der Waals surface area contributed by atoms with Crippen LogP contribution in [0.25, 0.3) is 5.69 Å². The number of carbonyl (C=O) groups excluding carboxylic acids is 2. The number of anilines is 1. The Hall–Kier alpha value is -3.07. The lowest BCUT2D eigenvalue weighted by Crippen LogP contribution is -2.06. The first-order valence-electron chi connectivity index (χ1n) is 8.12. The maximum absolute atomic E-state index is 12.6. The smallest absolute Gasteiger partial charge is 0.337 e. The second-order valence-electron chi connectivity index (χ2n) is 5.87. The summed E-state index contributed by atoms with van der Waals surface area (Å²) in [5.74, 6) is 0.0264. The van der Waals surface area contributed by atoms with E-state index in [0.29, 0.717) is 16.3 Å². The highest BCUT2D eigenvalue weighted by Crippen LogP contribution is 2.24. The number of thioether (sulfide) groups is 1. The highest BCUT2D eigenvalue weighted by Gasteiger charge is 2.18. The molecule has 0 spiro atoms. The number of Topliss-reactive ketones (excluding diaryl/α,β-unsaturated/α-hetero) is 1. The van der Waals surface area contributed by atoms with Crippen LogP contribution in [0.3, 0.4) is 0 Å². The van der Waals surface area contributed by atoms with E-state index >= 15 is 0 Å². The molecule has 8 nitrogen and oxygen atoms in total. The third-order valence-electron chi connectivity index (χ3n) is 4.09. The molecule has 27 heavy (non-hydrogen) atoms. The van der Waals surface area contributed by atoms with Crippen molar-refractivity contribution < 1.29 is 14.3 Å². The minimum atomic E-state index is -0.386. The molecule has 2 heterocycles. The first-order chi connectivity index (χ1) is 12.9. The molecule has 0 amide bonds. The fourth-order valence-corrected chi connectivity index (χ4v) is 3.53. The quantitative estimate of drug-likeness (QED) is 0.380. The fraction of sp³-hybridized carbons (Fsp3) is 0.222. The van der Waals surface area contributed by atoms with Crippen LogP contribution in [-0.2, 0) is 4.74 Å². The zero-order valence-electron chi connectivity index (χ0n) is 15.1. The Morgan fingerprint density at radius 3 is 2.56 bits per heavy atom. The number of hydrogen-bond donors (Lipinski definition) is 2. The number of aromatic nitrogens is 4. The highest BCUT2D eigenvalue weighted by molar-refractivity contribution is 7.99. The Labute approximate surface area is 160 Å². The number of methoxy groups -OCH3 is 1. The lowest BCUT2D eigenvalue weighted by atomic mass is 10.2. The van der Waals surface area contributed by atoms with Gasteiger partial charge in [-0.2, -0.15) is 4.98 Å². The Bertz CT molecular complexity index is 991. The molecule has 0 aliphatic rings. The van der Waals surface area contributed by atoms with Crippen molar-refractivity contribution >= 4 is 29.5 Å². The van der Waals surface area contributed by atoms with Crippen LogP contribution in [0.4, 0.5) is 5.95 Å². The number of ketones is 1. The first-order valence-corrected chi connectivity index (χ1v) is 9.11. The minimum absolute atomic E-state index is 0.0195. The van der Waals surface area contributed by atoms with Gasteiger partial charge in [0.2, 0.25) is 11.1 Å². The molecule has 0 aliphatic carbocycles. The zero-order chi connectivity index (χ0) is 19.6. The number of H-pyrrole nitrogens is 1. The second kappa shape index (κ2) is 7.67. The van der Waals surface area contributed by atoms with Gasteiger partial charge in [0.1, 0.15) is 0 Å². The van der Waals surface area contributed by atoms with Gasteiger partial charge in [0.15, 0.2) is 5.78 Å². The van der Waals surface area contributed by atoms with E-state index in [0.717, 1.165) is 17.1 Å². The SMILES string of the molecule is COC(=O)c1ccc(-n2c(C)cc(C(=O)CSc3n[nH]c(N)n3)c2C)cc1. The zero-order valence-corrected chi connectivity index (χ0v) is 16.0. The molecule has 0 aliphatic heterocycles. The van der Waals surface area contributed by atoms with Crippen LogP contribution in [0.15, 0.2) is 35.5 Å². The Morgan fingerprint density at radius 1 is 1.26 bits per heavy atom. The molecule has 0 saturated carbocycles. The lowest BCUT2D eigenvalue weighted by Gasteiger charge is -2.10. The monoisotopic (exact) mass is 385 g/mol. The number of aromatic amines is 1. The Balaban J connectivity index is 1.81. The van der Waals surface area contributed by atoms with Crippen molar-refractivity contribution in [2.45, 2.75) is 19.0 Å². The van der Waals surface area contributed by atoms with E-state index in [1.807, 2.05) is 36.6 Å². The molecule has 0 atom stereocenters. The van der Waals surface area contributed by atoms with Crippen LogP contribution >= 0.6 is 11.8 Å². The number of nitrogens with zero attached hydrogens (tertiary/aromatic N) is 3. The summed E-state index contributed by atoms with van der Waals surface area (Å²) < 4.78 is 6.69. The van der Waals surface area contributed by atoms with Gasteiger partial charge in [-0.05, 0) is 44.2 Å². The molecule has 3 rings (SSSR count). The molecule has 0 fully saturated rings. The van der Waals surface area contributed by atoms with E-state index in [9.17, 15) is 9.59 Å². The summed E-state index contributed by atoms with van der Waals surface area (Å²) in [6, 6.07) is 8.91. The molecule has 1 aromatic carbocycles. The predicted molar refractivity (Wildman–Crippen MR) is 102 cm³/mol. The van der Waals surface area contributed by atoms with E-state index in [1.54, 1.807) is 12.1 Å². The van der Waals surface area contributed by atoms with Crippen molar-refractivity contribution in [1.29, 1.82) is 0 Å². The number of esters is 1. The van der Waals surface area contributed by atoms with E-state index in [2.05, 4.69) is 15.2 Å². The Morgan fingerprint density at radius 2 is 1.96 bits per heavy atom. The molecule has 0 radical (unpaired) electrons. The number of benzene rings is 1. The highest BCUT2D eigenvalue weighted by atomic mass is 32.2. The van der Waals surface area contributed by atoms with E-state index in [4.69, 9.17) is 10.5 Å². The summed E-state index contributed by atoms with van der Waals surface area (Å²) in [5, 5.41) is 6.89. The number of rotatable bonds is 6. The summed E-state index contributed by atoms with van der Waals surface area (Å²) in [5.41, 5.74) is 9.22. The molecule has 0 unspecified atom stereocenters. The van der Waals surface area contributed by atoms with Crippen molar-refractivity contribution in [1.82, 2.24) is 19.7 Å². The average Bonchev–Trinajstić information content (AvgIpc) is 3.21. The minimum Gasteiger partial charge on any atom is -0.465 e. The van der Waals surface area contributed by atoms with Crippen LogP contribution in [0, 0.1) is 13.8 Å². The Kier molecular flexibility index (Phi) is 5.31. The van der Waals surface area contributed by atoms with E-state index in [-0.39, 0.29) is 23.5 Å². The number of nitrogens with two attached hydrogens (primary N) is 1. The van der Waals surface area contributed by atoms with Crippen LogP contribution in [0.1, 0.15) is 32.1 Å². The van der Waals surface area contributed by atoms with Gasteiger partial charge in [-0.3, -0.25) is 4.79 Å². The third kappa shape index (κ3) is 3.87. The van der Waals surface area contributed by atoms with Crippen molar-refractivity contribution in [3.8, 4) is 5.69 Å². The van der Waals surface area contributed by atoms with Gasteiger partial charge in [-0.1, -0.05) is 11.8 Å². The summed E-state index contributed by atoms with van der Waals surface area (Å²) in [7, 11) is 1.35. The topological polar surface area (TPSA) is 116 Å². The molecular formula is C18H19N5O3S. The van der Waals surface area contributed by atoms with Crippen molar-refractivity contribution in [3.63, 3.8) is 0 Å². The molecule has 2 aromatic heterocycles. The maximum atomic E-state index is 12.6. The number of nitrogen functional groups attached to an aromatic ring is 1. The van der Waals surface area contributed by atoms with Gasteiger partial charge in [0.05, 0.1) is 18.4 Å². The van der Waals surface area contributed by atoms with Gasteiger partial charge in [-0.25, -0.2) is 9.89 Å². The van der Waals surface area contributed by atoms with Crippen molar-refractivity contribution in [3.05, 3.63) is 52.8 Å². The largest absolute Gasteiger partial charge is 0.465 e. The molecular weight excluding hydrogens is 366 g/mol. The number of carbonyl (C=O) groups is 2. The number of ether oxygens (including phenoxy) is 1. The normalized spacial score (nSPS) is 10.8. The first kappa shape index (κ1) is 18.7. The van der Waals surface area contributed by atoms with E-state index < -0.39 is 0 Å². The number of aryl methyl sites for hydroxylation is 1. The van der Waals surface area contributed by atoms with Gasteiger partial charge < -0.3 is 15.0 Å². The van der Waals surface area contributed by atoms with Crippen LogP contribution in [0.5, 0.6) is 0 Å². The molecule has 0 bridgehead atoms. The second-order valence-corrected chi connectivity index (χ2v) is 6.82. The fourth-order valence-electron chi connectivity index (χ4n) is 2.84. The van der Waals surface area contributed by atoms with Crippen molar-refractivity contribution in [2.24, 2.45) is 0 Å². The van der Waals surface area contributed by atoms with Gasteiger partial charge in [-0.15, -0.1) is 5.10 Å². The van der Waals surface area contributed by atoms with Gasteiger partial charge in [0.25, 0.3) is 0 Å². The lowest BCUT2D eigenvalue weighted by molar-refractivity contribution is 0.0600. The van der Waals surface area contributed by atoms with Gasteiger partial charge >= 0.3 is 5.97 Å². The van der Waals surface area contributed by atoms with Crippen LogP contribution < -0.4 is 5.73 Å². The van der Waals surface area contributed by atoms with E-state index in [1.165, 1.54) is 18.9 Å². The molecule has 140 valence electrons. The number of hydrogen-bond acceptors (Lipinski definition) is 7. The molecule has 9 heteroatoms. The van der Waals surface area contributed by atoms with Crippen LogP contribution in [0.2, 0.25) is 0 Å². The predicted octanol–water partition coefficient (Wildman–Crippen LogP) is 2.56. The molecule has 0 saturated heterocycles. The summed E-state index contributed by atoms with van der Waals surface area (Å²) in [6.45, 7) is 3.82. The number of nitrogens with one attached hydrogen (secondary N) is 1. The summed E-state index contributed by atoms with van der Waals surface area (Å²) >= 11 is 1.23. The maximum Gasteiger partial charge on any atom is 0.337 e. The molecule has 3 aromatic rings. The third-order valence-corrected chi connectivity index (χ3v) is 4.94. The standard InChI is InChI=1S/C18H19N5O3S/c1-10-8-14(15(24)9-27-18-20-17(19)21-22-18)11(2)23(10)13-6-4-12(5-7-13)16(25)26-3/h4-8H,9H2,1-3H3,(H3,19,20,21,22). The summed E-state index contributed by atoms with van der Waals surface area (Å²) in [4.78, 5) is 28.2. The average molecular weight is 385 g/mol. The van der Waals surface area contributed by atoms with Crippen LogP contribution in [-0.4, -0.2) is 44.4 Å². The molecule has 3 N–H and O–H groups in total. The van der Waals surface area contributed by atoms with Crippen molar-refractivity contribution in [2.75, 3.05) is 18.6 Å².